The topological polar surface area (TPSA) is 68.8 Å². The summed E-state index contributed by atoms with van der Waals surface area (Å²) in [6.45, 7) is 1.03. The second-order valence-corrected chi connectivity index (χ2v) is 6.76. The van der Waals surface area contributed by atoms with Gasteiger partial charge in [0.15, 0.2) is 5.16 Å². The van der Waals surface area contributed by atoms with Crippen LogP contribution in [0.4, 0.5) is 5.95 Å². The molecule has 3 rings (SSSR count). The van der Waals surface area contributed by atoms with Gasteiger partial charge in [0, 0.05) is 18.8 Å². The van der Waals surface area contributed by atoms with Crippen molar-refractivity contribution >= 4 is 17.7 Å². The molecule has 1 unspecified atom stereocenters. The highest BCUT2D eigenvalue weighted by atomic mass is 32.2. The average molecular weight is 317 g/mol. The average Bonchev–Trinajstić information content (AvgIpc) is 2.87. The fourth-order valence-electron chi connectivity index (χ4n) is 2.93. The van der Waals surface area contributed by atoms with Gasteiger partial charge in [-0.3, -0.25) is 4.57 Å². The first kappa shape index (κ1) is 15.4. The number of aromatic nitrogens is 3. The smallest absolute Gasteiger partial charge is 0.222 e. The van der Waals surface area contributed by atoms with Gasteiger partial charge in [-0.2, -0.15) is 0 Å². The highest BCUT2D eigenvalue weighted by molar-refractivity contribution is 7.99. The third-order valence-corrected chi connectivity index (χ3v) is 5.29. The molecule has 22 heavy (non-hydrogen) atoms. The first-order chi connectivity index (χ1) is 10.8. The van der Waals surface area contributed by atoms with Crippen LogP contribution in [-0.4, -0.2) is 27.1 Å². The summed E-state index contributed by atoms with van der Waals surface area (Å²) >= 11 is 1.71. The molecule has 0 saturated carbocycles. The van der Waals surface area contributed by atoms with Crippen LogP contribution in [0.3, 0.4) is 0 Å². The van der Waals surface area contributed by atoms with Crippen LogP contribution in [0.25, 0.3) is 0 Å². The van der Waals surface area contributed by atoms with E-state index in [0.717, 1.165) is 23.9 Å². The molecule has 0 amide bonds. The Morgan fingerprint density at radius 3 is 3.05 bits per heavy atom. The maximum absolute atomic E-state index is 5.68. The summed E-state index contributed by atoms with van der Waals surface area (Å²) in [5.41, 5.74) is 8.68. The van der Waals surface area contributed by atoms with Crippen LogP contribution in [-0.2, 0) is 13.5 Å². The van der Waals surface area contributed by atoms with Crippen LogP contribution in [0.1, 0.15) is 36.4 Å². The van der Waals surface area contributed by atoms with E-state index in [2.05, 4.69) is 39.8 Å². The molecule has 118 valence electrons. The van der Waals surface area contributed by atoms with Gasteiger partial charge in [0.25, 0.3) is 0 Å². The Balaban J connectivity index is 1.43. The Hall–Kier alpha value is -1.53. The van der Waals surface area contributed by atoms with Crippen molar-refractivity contribution in [3.8, 4) is 0 Å². The van der Waals surface area contributed by atoms with Crippen molar-refractivity contribution in [3.63, 3.8) is 0 Å². The lowest BCUT2D eigenvalue weighted by Gasteiger charge is -2.26. The molecule has 1 aliphatic rings. The second kappa shape index (κ2) is 7.15. The molecule has 0 aliphatic heterocycles. The molecule has 1 atom stereocenters. The normalized spacial score (nSPS) is 17.4. The molecule has 5 nitrogen and oxygen atoms in total. The number of nitrogens with two attached hydrogens (primary N) is 1. The lowest BCUT2D eigenvalue weighted by molar-refractivity contribution is 0.461. The predicted molar refractivity (Wildman–Crippen MR) is 90.9 cm³/mol. The molecular weight excluding hydrogens is 294 g/mol. The molecule has 1 aromatic carbocycles. The lowest BCUT2D eigenvalue weighted by atomic mass is 9.88. The van der Waals surface area contributed by atoms with E-state index in [1.165, 1.54) is 30.4 Å². The number of thioether (sulfide) groups is 1. The third kappa shape index (κ3) is 3.44. The molecule has 6 heteroatoms. The Morgan fingerprint density at radius 1 is 1.36 bits per heavy atom. The Labute approximate surface area is 135 Å². The molecule has 2 aromatic rings. The maximum Gasteiger partial charge on any atom is 0.222 e. The van der Waals surface area contributed by atoms with Crippen LogP contribution < -0.4 is 11.1 Å². The SMILES string of the molecule is Cn1c(N)nnc1SCCCNC1CCCc2ccccc21. The van der Waals surface area contributed by atoms with Gasteiger partial charge in [0.1, 0.15) is 0 Å². The molecule has 1 heterocycles. The fraction of sp³-hybridized carbons (Fsp3) is 0.500. The maximum atomic E-state index is 5.68. The molecule has 0 fully saturated rings. The van der Waals surface area contributed by atoms with Gasteiger partial charge in [-0.25, -0.2) is 0 Å². The summed E-state index contributed by atoms with van der Waals surface area (Å²) < 4.78 is 1.83. The number of rotatable bonds is 6. The van der Waals surface area contributed by atoms with Crippen molar-refractivity contribution in [2.45, 2.75) is 36.9 Å². The number of aryl methyl sites for hydroxylation is 1. The highest BCUT2D eigenvalue weighted by Gasteiger charge is 2.18. The van der Waals surface area contributed by atoms with Gasteiger partial charge in [0.2, 0.25) is 5.95 Å². The zero-order valence-electron chi connectivity index (χ0n) is 13.0. The number of benzene rings is 1. The standard InChI is InChI=1S/C16H23N5S/c1-21-15(17)19-20-16(21)22-11-5-10-18-14-9-4-7-12-6-2-3-8-13(12)14/h2-3,6,8,14,18H,4-5,7,9-11H2,1H3,(H2,17,19). The number of nitrogens with one attached hydrogen (secondary N) is 1. The van der Waals surface area contributed by atoms with Crippen molar-refractivity contribution in [1.29, 1.82) is 0 Å². The molecule has 1 aliphatic carbocycles. The Morgan fingerprint density at radius 2 is 2.23 bits per heavy atom. The van der Waals surface area contributed by atoms with E-state index in [4.69, 9.17) is 5.73 Å². The molecule has 0 radical (unpaired) electrons. The van der Waals surface area contributed by atoms with Gasteiger partial charge in [0.05, 0.1) is 0 Å². The van der Waals surface area contributed by atoms with E-state index in [-0.39, 0.29) is 0 Å². The minimum Gasteiger partial charge on any atom is -0.368 e. The van der Waals surface area contributed by atoms with Gasteiger partial charge in [-0.05, 0) is 43.4 Å². The molecular formula is C16H23N5S. The predicted octanol–water partition coefficient (Wildman–Crippen LogP) is 2.55. The molecule has 1 aromatic heterocycles. The van der Waals surface area contributed by atoms with Crippen LogP contribution in [0, 0.1) is 0 Å². The van der Waals surface area contributed by atoms with Crippen molar-refractivity contribution in [2.75, 3.05) is 18.0 Å². The largest absolute Gasteiger partial charge is 0.368 e. The number of hydrogen-bond donors (Lipinski definition) is 2. The third-order valence-electron chi connectivity index (χ3n) is 4.18. The van der Waals surface area contributed by atoms with E-state index < -0.39 is 0 Å². The summed E-state index contributed by atoms with van der Waals surface area (Å²) in [4.78, 5) is 0. The van der Waals surface area contributed by atoms with Gasteiger partial charge in [-0.1, -0.05) is 36.0 Å². The van der Waals surface area contributed by atoms with Gasteiger partial charge >= 0.3 is 0 Å². The molecule has 0 bridgehead atoms. The van der Waals surface area contributed by atoms with Gasteiger partial charge in [-0.15, -0.1) is 10.2 Å². The van der Waals surface area contributed by atoms with E-state index >= 15 is 0 Å². The number of anilines is 1. The van der Waals surface area contributed by atoms with Crippen LogP contribution in [0.15, 0.2) is 29.4 Å². The second-order valence-electron chi connectivity index (χ2n) is 5.70. The molecule has 0 spiro atoms. The van der Waals surface area contributed by atoms with E-state index in [0.29, 0.717) is 12.0 Å². The lowest BCUT2D eigenvalue weighted by Crippen LogP contribution is -2.26. The van der Waals surface area contributed by atoms with E-state index in [1.54, 1.807) is 11.8 Å². The van der Waals surface area contributed by atoms with E-state index in [9.17, 15) is 0 Å². The van der Waals surface area contributed by atoms with E-state index in [1.807, 2.05) is 11.6 Å². The van der Waals surface area contributed by atoms with Crippen molar-refractivity contribution in [2.24, 2.45) is 7.05 Å². The van der Waals surface area contributed by atoms with Crippen LogP contribution in [0.2, 0.25) is 0 Å². The summed E-state index contributed by atoms with van der Waals surface area (Å²) in [5.74, 6) is 1.49. The monoisotopic (exact) mass is 317 g/mol. The first-order valence-electron chi connectivity index (χ1n) is 7.84. The minimum absolute atomic E-state index is 0.472. The zero-order chi connectivity index (χ0) is 15.4. The van der Waals surface area contributed by atoms with Gasteiger partial charge < -0.3 is 11.1 Å². The minimum atomic E-state index is 0.472. The first-order valence-corrected chi connectivity index (χ1v) is 8.83. The summed E-state index contributed by atoms with van der Waals surface area (Å²) in [6, 6.07) is 9.33. The number of nitrogen functional groups attached to an aromatic ring is 1. The summed E-state index contributed by atoms with van der Waals surface area (Å²) in [7, 11) is 1.90. The fourth-order valence-corrected chi connectivity index (χ4v) is 3.79. The molecule has 0 saturated heterocycles. The number of fused-ring (bicyclic) bond motifs is 1. The Kier molecular flexibility index (Phi) is 5.00. The number of hydrogen-bond acceptors (Lipinski definition) is 5. The van der Waals surface area contributed by atoms with Crippen LogP contribution >= 0.6 is 11.8 Å². The van der Waals surface area contributed by atoms with Crippen molar-refractivity contribution in [1.82, 2.24) is 20.1 Å². The Bertz CT molecular complexity index is 625. The zero-order valence-corrected chi connectivity index (χ0v) is 13.8. The summed E-state index contributed by atoms with van der Waals surface area (Å²) in [5, 5.41) is 12.5. The van der Waals surface area contributed by atoms with Crippen molar-refractivity contribution in [3.05, 3.63) is 35.4 Å². The van der Waals surface area contributed by atoms with Crippen molar-refractivity contribution < 1.29 is 0 Å². The number of nitrogens with zero attached hydrogens (tertiary/aromatic N) is 3. The molecule has 3 N–H and O–H groups in total. The quantitative estimate of drug-likeness (QED) is 0.633. The van der Waals surface area contributed by atoms with Crippen LogP contribution in [0.5, 0.6) is 0 Å². The highest BCUT2D eigenvalue weighted by Crippen LogP contribution is 2.29. The summed E-state index contributed by atoms with van der Waals surface area (Å²) in [6.07, 6.45) is 4.85.